The number of aryl methyl sites for hydroxylation is 1. The molecule has 9 heteroatoms. The molecule has 3 fully saturated rings. The van der Waals surface area contributed by atoms with Crippen molar-refractivity contribution in [2.24, 2.45) is 11.1 Å². The smallest absolute Gasteiger partial charge is 0.262 e. The van der Waals surface area contributed by atoms with Crippen molar-refractivity contribution < 1.29 is 19.1 Å². The van der Waals surface area contributed by atoms with E-state index in [0.29, 0.717) is 65.4 Å². The minimum Gasteiger partial charge on any atom is -0.494 e. The highest BCUT2D eigenvalue weighted by Crippen LogP contribution is 2.50. The number of unbranched alkanes of at least 4 members (excludes halogenated alkanes) is 2. The Kier molecular flexibility index (Phi) is 15.9. The van der Waals surface area contributed by atoms with Gasteiger partial charge in [-0.1, -0.05) is 96.4 Å². The third-order valence-electron chi connectivity index (χ3n) is 12.9. The summed E-state index contributed by atoms with van der Waals surface area (Å²) in [7, 11) is 0.767. The van der Waals surface area contributed by atoms with E-state index in [-0.39, 0.29) is 11.8 Å². The van der Waals surface area contributed by atoms with Gasteiger partial charge in [-0.2, -0.15) is 0 Å². The van der Waals surface area contributed by atoms with Crippen LogP contribution >= 0.6 is 8.58 Å². The molecule has 1 spiro atoms. The van der Waals surface area contributed by atoms with Gasteiger partial charge >= 0.3 is 0 Å². The van der Waals surface area contributed by atoms with Crippen molar-refractivity contribution in [3.63, 3.8) is 0 Å². The second-order valence-electron chi connectivity index (χ2n) is 17.7. The van der Waals surface area contributed by atoms with Crippen LogP contribution in [-0.4, -0.2) is 89.9 Å². The summed E-state index contributed by atoms with van der Waals surface area (Å²) in [6.07, 6.45) is 17.8. The van der Waals surface area contributed by atoms with Crippen LogP contribution in [0, 0.1) is 12.3 Å². The predicted molar refractivity (Wildman–Crippen MR) is 255 cm³/mol. The summed E-state index contributed by atoms with van der Waals surface area (Å²) in [5, 5.41) is 0. The molecule has 61 heavy (non-hydrogen) atoms. The summed E-state index contributed by atoms with van der Waals surface area (Å²) in [5.74, 6) is 2.96. The molecule has 0 bridgehead atoms. The van der Waals surface area contributed by atoms with Gasteiger partial charge in [0.2, 0.25) is 0 Å². The molecule has 3 atom stereocenters. The number of allylic oxidation sites excluding steroid dienone is 7. The number of fused-ring (bicyclic) bond motifs is 1. The Labute approximate surface area is 368 Å². The number of imide groups is 1. The number of hydrogen-bond acceptors (Lipinski definition) is 7. The zero-order chi connectivity index (χ0) is 43.8. The van der Waals surface area contributed by atoms with Crippen LogP contribution in [-0.2, 0) is 4.74 Å². The van der Waals surface area contributed by atoms with Gasteiger partial charge < -0.3 is 20.1 Å². The number of likely N-dealkylation sites (tertiary alicyclic amines) is 2. The first-order valence-electron chi connectivity index (χ1n) is 22.8. The fourth-order valence-electron chi connectivity index (χ4n) is 9.75. The normalized spacial score (nSPS) is 21.3. The molecule has 4 heterocycles. The first kappa shape index (κ1) is 46.4. The van der Waals surface area contributed by atoms with Crippen LogP contribution in [0.5, 0.6) is 5.75 Å². The van der Waals surface area contributed by atoms with Gasteiger partial charge in [-0.3, -0.25) is 19.4 Å². The lowest BCUT2D eigenvalue weighted by Crippen LogP contribution is -2.65. The number of rotatable bonds is 19. The fourth-order valence-corrected chi connectivity index (χ4v) is 11.0. The number of nitrogens with zero attached hydrogens (tertiary/aromatic N) is 3. The molecule has 7 rings (SSSR count). The van der Waals surface area contributed by atoms with Crippen molar-refractivity contribution in [2.45, 2.75) is 124 Å². The molecular formula is C52H71N4O4P. The molecule has 2 amide bonds. The number of carbonyl (C=O) groups is 2. The van der Waals surface area contributed by atoms with Crippen LogP contribution in [0.1, 0.15) is 130 Å². The molecule has 0 aromatic heterocycles. The molecule has 2 N–H and O–H groups in total. The molecule has 328 valence electrons. The van der Waals surface area contributed by atoms with Crippen LogP contribution in [0.3, 0.4) is 0 Å². The van der Waals surface area contributed by atoms with Crippen molar-refractivity contribution in [3.05, 3.63) is 124 Å². The van der Waals surface area contributed by atoms with Crippen molar-refractivity contribution in [1.29, 1.82) is 0 Å². The highest BCUT2D eigenvalue weighted by molar-refractivity contribution is 7.43. The van der Waals surface area contributed by atoms with Gasteiger partial charge in [0.25, 0.3) is 11.8 Å². The highest BCUT2D eigenvalue weighted by Gasteiger charge is 2.53. The van der Waals surface area contributed by atoms with Crippen LogP contribution in [0.4, 0.5) is 0 Å². The second-order valence-corrected chi connectivity index (χ2v) is 18.9. The Morgan fingerprint density at radius 1 is 1.00 bits per heavy atom. The molecule has 1 saturated carbocycles. The Balaban J connectivity index is 0.00000307. The maximum absolute atomic E-state index is 13.3. The topological polar surface area (TPSA) is 88.3 Å². The standard InChI is InChI=1S/C50H65N4O4P.C2H6/c1-8-13-34(5)42(9-2)43-18-15-37(24-35(43)6)38-16-21-47(59-30-38)53-28-41(29-53)58-40-26-50(27-40)31-52(32-50)22-11-10-12-23-57-39-17-19-44-45(25-39)49(56)54(48(44)55)46(33(3)4)20-14-36(7)51;1-2/h9,13,15-19,21,24-25,30,40-41,46-47,59H,3,7-8,10-12,14,20,22-23,26-29,31-32,51H2,1-2,4-6H3;1-2H3/b34-13-,42-9+;. The van der Waals surface area contributed by atoms with Gasteiger partial charge in [0.15, 0.2) is 0 Å². The number of amides is 2. The summed E-state index contributed by atoms with van der Waals surface area (Å²) < 4.78 is 12.6. The first-order chi connectivity index (χ1) is 29.4. The lowest BCUT2D eigenvalue weighted by atomic mass is 9.61. The van der Waals surface area contributed by atoms with E-state index < -0.39 is 6.04 Å². The first-order valence-corrected chi connectivity index (χ1v) is 24.0. The largest absolute Gasteiger partial charge is 0.494 e. The van der Waals surface area contributed by atoms with E-state index in [1.807, 2.05) is 20.8 Å². The third kappa shape index (κ3) is 10.8. The lowest BCUT2D eigenvalue weighted by molar-refractivity contribution is -0.190. The predicted octanol–water partition coefficient (Wildman–Crippen LogP) is 10.9. The third-order valence-corrected chi connectivity index (χ3v) is 14.3. The maximum atomic E-state index is 13.3. The van der Waals surface area contributed by atoms with Crippen molar-refractivity contribution >= 4 is 31.5 Å². The lowest BCUT2D eigenvalue weighted by Gasteiger charge is -2.60. The van der Waals surface area contributed by atoms with E-state index >= 15 is 0 Å². The van der Waals surface area contributed by atoms with Crippen LogP contribution < -0.4 is 10.5 Å². The Morgan fingerprint density at radius 3 is 2.38 bits per heavy atom. The van der Waals surface area contributed by atoms with Crippen LogP contribution in [0.2, 0.25) is 0 Å². The molecule has 5 aliphatic rings. The van der Waals surface area contributed by atoms with Gasteiger partial charge in [0.1, 0.15) is 5.75 Å². The summed E-state index contributed by atoms with van der Waals surface area (Å²) in [4.78, 5) is 33.0. The number of nitrogens with two attached hydrogens (primary N) is 1. The molecular weight excluding hydrogens is 776 g/mol. The van der Waals surface area contributed by atoms with Gasteiger partial charge in [-0.15, -0.1) is 0 Å². The summed E-state index contributed by atoms with van der Waals surface area (Å²) in [6, 6.07) is 11.7. The minimum absolute atomic E-state index is 0.294. The van der Waals surface area contributed by atoms with Gasteiger partial charge in [-0.25, -0.2) is 0 Å². The molecule has 8 nitrogen and oxygen atoms in total. The molecule has 0 radical (unpaired) electrons. The summed E-state index contributed by atoms with van der Waals surface area (Å²) in [6.45, 7) is 28.6. The van der Waals surface area contributed by atoms with Crippen LogP contribution in [0.25, 0.3) is 11.1 Å². The molecule has 4 aliphatic heterocycles. The van der Waals surface area contributed by atoms with E-state index in [9.17, 15) is 9.59 Å². The highest BCUT2D eigenvalue weighted by atomic mass is 31.1. The Hall–Kier alpha value is -4.07. The molecule has 2 aromatic carbocycles. The van der Waals surface area contributed by atoms with E-state index in [4.69, 9.17) is 15.2 Å². The fraction of sp³-hybridized carbons (Fsp3) is 0.500. The zero-order valence-electron chi connectivity index (χ0n) is 38.0. The van der Waals surface area contributed by atoms with Crippen molar-refractivity contribution in [3.8, 4) is 5.75 Å². The molecule has 2 aromatic rings. The Bertz CT molecular complexity index is 2060. The number of ether oxygens (including phenoxy) is 2. The second kappa shape index (κ2) is 20.9. The molecule has 1 aliphatic carbocycles. The van der Waals surface area contributed by atoms with Gasteiger partial charge in [0.05, 0.1) is 36.0 Å². The van der Waals surface area contributed by atoms with Gasteiger partial charge in [0, 0.05) is 43.1 Å². The number of carbonyl (C=O) groups excluding carboxylic acids is 2. The summed E-state index contributed by atoms with van der Waals surface area (Å²) >= 11 is 0. The monoisotopic (exact) mass is 847 g/mol. The molecule has 2 saturated heterocycles. The van der Waals surface area contributed by atoms with Crippen molar-refractivity contribution in [1.82, 2.24) is 14.7 Å². The van der Waals surface area contributed by atoms with Gasteiger partial charge in [-0.05, 0) is 137 Å². The van der Waals surface area contributed by atoms with E-state index in [0.717, 1.165) is 59.5 Å². The van der Waals surface area contributed by atoms with E-state index in [1.165, 1.54) is 64.2 Å². The zero-order valence-corrected chi connectivity index (χ0v) is 39.0. The average molecular weight is 847 g/mol. The number of benzene rings is 2. The Morgan fingerprint density at radius 2 is 1.74 bits per heavy atom. The van der Waals surface area contributed by atoms with E-state index in [2.05, 4.69) is 99.0 Å². The maximum Gasteiger partial charge on any atom is 0.262 e. The summed E-state index contributed by atoms with van der Waals surface area (Å²) in [5.41, 5.74) is 16.3. The minimum atomic E-state index is -0.417. The van der Waals surface area contributed by atoms with E-state index in [1.54, 1.807) is 18.2 Å². The average Bonchev–Trinajstić information content (AvgIpc) is 3.44. The molecule has 3 unspecified atom stereocenters. The quantitative estimate of drug-likeness (QED) is 0.0495. The van der Waals surface area contributed by atoms with Crippen molar-refractivity contribution in [2.75, 3.05) is 39.3 Å². The SMILES string of the molecule is C=C(N)CCC(C(=C)C)N1C(=O)c2ccc(OCCCCCN3CC4(CC(OC5CN(C6C=CC(c7ccc(C(=C/C)/C(C)=C\CC)c(C)c7)=CP6)C5)C4)C3)cc2C1=O.CC. The van der Waals surface area contributed by atoms with Crippen LogP contribution in [0.15, 0.2) is 96.5 Å². The number of hydrogen-bond donors (Lipinski definition) is 1.